The molecule has 0 heterocycles. The summed E-state index contributed by atoms with van der Waals surface area (Å²) in [6.45, 7) is 2.39. The zero-order valence-electron chi connectivity index (χ0n) is 11.2. The minimum absolute atomic E-state index is 0.113. The van der Waals surface area contributed by atoms with E-state index in [0.717, 1.165) is 5.56 Å². The fraction of sp³-hybridized carbons (Fsp3) is 0.533. The summed E-state index contributed by atoms with van der Waals surface area (Å²) in [6.07, 6.45) is 4.94. The van der Waals surface area contributed by atoms with Gasteiger partial charge in [-0.15, -0.1) is 0 Å². The lowest BCUT2D eigenvalue weighted by Crippen LogP contribution is -2.31. The fourth-order valence-corrected chi connectivity index (χ4v) is 2.50. The van der Waals surface area contributed by atoms with Gasteiger partial charge in [0.1, 0.15) is 5.75 Å². The van der Waals surface area contributed by atoms with Crippen LogP contribution in [0.1, 0.15) is 41.6 Å². The molecular formula is C15H21NO2. The third kappa shape index (κ3) is 3.10. The molecule has 2 rings (SSSR count). The fourth-order valence-electron chi connectivity index (χ4n) is 2.50. The molecule has 1 aromatic carbocycles. The van der Waals surface area contributed by atoms with Crippen molar-refractivity contribution in [1.29, 1.82) is 0 Å². The lowest BCUT2D eigenvalue weighted by molar-refractivity contribution is 0.0984. The molecule has 1 N–H and O–H groups in total. The Morgan fingerprint density at radius 3 is 2.78 bits per heavy atom. The van der Waals surface area contributed by atoms with Gasteiger partial charge >= 0.3 is 0 Å². The SMILES string of the molecule is COc1ccc(C)cc1C(=O)CNC1CCCC1. The second-order valence-electron chi connectivity index (χ2n) is 4.99. The van der Waals surface area contributed by atoms with Crippen LogP contribution in [0.25, 0.3) is 0 Å². The van der Waals surface area contributed by atoms with Crippen LogP contribution in [0, 0.1) is 6.92 Å². The van der Waals surface area contributed by atoms with Crippen LogP contribution in [-0.2, 0) is 0 Å². The van der Waals surface area contributed by atoms with E-state index in [1.807, 2.05) is 25.1 Å². The minimum Gasteiger partial charge on any atom is -0.496 e. The average Bonchev–Trinajstić information content (AvgIpc) is 2.89. The van der Waals surface area contributed by atoms with Crippen molar-refractivity contribution >= 4 is 5.78 Å². The molecule has 1 aliphatic rings. The third-order valence-electron chi connectivity index (χ3n) is 3.56. The Morgan fingerprint density at radius 2 is 2.11 bits per heavy atom. The first-order valence-corrected chi connectivity index (χ1v) is 6.62. The summed E-state index contributed by atoms with van der Waals surface area (Å²) in [5, 5.41) is 3.35. The number of carbonyl (C=O) groups excluding carboxylic acids is 1. The van der Waals surface area contributed by atoms with Gasteiger partial charge in [0.25, 0.3) is 0 Å². The van der Waals surface area contributed by atoms with E-state index in [4.69, 9.17) is 4.74 Å². The van der Waals surface area contributed by atoms with Crippen molar-refractivity contribution < 1.29 is 9.53 Å². The number of nitrogens with one attached hydrogen (secondary N) is 1. The molecule has 0 spiro atoms. The van der Waals surface area contributed by atoms with Crippen LogP contribution in [0.15, 0.2) is 18.2 Å². The van der Waals surface area contributed by atoms with E-state index in [-0.39, 0.29) is 5.78 Å². The van der Waals surface area contributed by atoms with E-state index in [0.29, 0.717) is 23.9 Å². The summed E-state index contributed by atoms with van der Waals surface area (Å²) in [4.78, 5) is 12.2. The van der Waals surface area contributed by atoms with Crippen molar-refractivity contribution in [1.82, 2.24) is 5.32 Å². The van der Waals surface area contributed by atoms with E-state index in [1.54, 1.807) is 7.11 Å². The maximum Gasteiger partial charge on any atom is 0.180 e. The Balaban J connectivity index is 2.00. The van der Waals surface area contributed by atoms with E-state index < -0.39 is 0 Å². The number of methoxy groups -OCH3 is 1. The zero-order valence-corrected chi connectivity index (χ0v) is 11.2. The lowest BCUT2D eigenvalue weighted by atomic mass is 10.1. The molecule has 1 aliphatic carbocycles. The molecule has 3 nitrogen and oxygen atoms in total. The highest BCUT2D eigenvalue weighted by Crippen LogP contribution is 2.21. The van der Waals surface area contributed by atoms with E-state index >= 15 is 0 Å². The smallest absolute Gasteiger partial charge is 0.180 e. The number of carbonyl (C=O) groups is 1. The number of Topliss-reactive ketones (excluding diaryl/α,β-unsaturated/α-hetero) is 1. The highest BCUT2D eigenvalue weighted by atomic mass is 16.5. The van der Waals surface area contributed by atoms with E-state index in [1.165, 1.54) is 25.7 Å². The molecule has 0 aliphatic heterocycles. The van der Waals surface area contributed by atoms with Gasteiger partial charge < -0.3 is 10.1 Å². The zero-order chi connectivity index (χ0) is 13.0. The predicted octanol–water partition coefficient (Wildman–Crippen LogP) is 2.72. The number of hydrogen-bond acceptors (Lipinski definition) is 3. The Morgan fingerprint density at radius 1 is 1.39 bits per heavy atom. The molecule has 1 saturated carbocycles. The molecule has 98 valence electrons. The summed E-state index contributed by atoms with van der Waals surface area (Å²) in [5.41, 5.74) is 1.77. The van der Waals surface area contributed by atoms with Crippen LogP contribution < -0.4 is 10.1 Å². The van der Waals surface area contributed by atoms with Gasteiger partial charge in [0.2, 0.25) is 0 Å². The quantitative estimate of drug-likeness (QED) is 0.813. The Kier molecular flexibility index (Phi) is 4.37. The molecule has 1 aromatic rings. The molecule has 0 bridgehead atoms. The number of aryl methyl sites for hydroxylation is 1. The van der Waals surface area contributed by atoms with Crippen LogP contribution in [-0.4, -0.2) is 25.5 Å². The number of ether oxygens (including phenoxy) is 1. The van der Waals surface area contributed by atoms with Crippen LogP contribution in [0.2, 0.25) is 0 Å². The minimum atomic E-state index is 0.113. The lowest BCUT2D eigenvalue weighted by Gasteiger charge is -2.13. The highest BCUT2D eigenvalue weighted by Gasteiger charge is 2.17. The van der Waals surface area contributed by atoms with Gasteiger partial charge in [-0.25, -0.2) is 0 Å². The summed E-state index contributed by atoms with van der Waals surface area (Å²) in [5.74, 6) is 0.779. The second-order valence-corrected chi connectivity index (χ2v) is 4.99. The van der Waals surface area contributed by atoms with Crippen LogP contribution in [0.4, 0.5) is 0 Å². The molecule has 0 radical (unpaired) electrons. The van der Waals surface area contributed by atoms with Gasteiger partial charge in [-0.3, -0.25) is 4.79 Å². The van der Waals surface area contributed by atoms with Gasteiger partial charge in [-0.2, -0.15) is 0 Å². The number of rotatable bonds is 5. The average molecular weight is 247 g/mol. The standard InChI is InChI=1S/C15H21NO2/c1-11-7-8-15(18-2)13(9-11)14(17)10-16-12-5-3-4-6-12/h7-9,12,16H,3-6,10H2,1-2H3. The predicted molar refractivity (Wildman–Crippen MR) is 72.3 cm³/mol. The molecule has 0 atom stereocenters. The number of benzene rings is 1. The van der Waals surface area contributed by atoms with Crippen molar-refractivity contribution in [3.05, 3.63) is 29.3 Å². The molecule has 0 saturated heterocycles. The van der Waals surface area contributed by atoms with Crippen molar-refractivity contribution in [2.45, 2.75) is 38.6 Å². The highest BCUT2D eigenvalue weighted by molar-refractivity contribution is 6.00. The van der Waals surface area contributed by atoms with E-state index in [9.17, 15) is 4.79 Å². The van der Waals surface area contributed by atoms with Crippen LogP contribution in [0.5, 0.6) is 5.75 Å². The summed E-state index contributed by atoms with van der Waals surface area (Å²) in [6, 6.07) is 6.24. The molecule has 0 aromatic heterocycles. The van der Waals surface area contributed by atoms with Gasteiger partial charge in [-0.05, 0) is 31.9 Å². The maximum absolute atomic E-state index is 12.2. The topological polar surface area (TPSA) is 38.3 Å². The summed E-state index contributed by atoms with van der Waals surface area (Å²) >= 11 is 0. The van der Waals surface area contributed by atoms with Crippen molar-refractivity contribution in [2.24, 2.45) is 0 Å². The number of hydrogen-bond donors (Lipinski definition) is 1. The molecule has 0 amide bonds. The van der Waals surface area contributed by atoms with Gasteiger partial charge in [0.15, 0.2) is 5.78 Å². The van der Waals surface area contributed by atoms with E-state index in [2.05, 4.69) is 5.32 Å². The monoisotopic (exact) mass is 247 g/mol. The molecular weight excluding hydrogens is 226 g/mol. The molecule has 1 fully saturated rings. The van der Waals surface area contributed by atoms with Gasteiger partial charge in [0, 0.05) is 6.04 Å². The first kappa shape index (κ1) is 13.1. The normalized spacial score (nSPS) is 15.9. The van der Waals surface area contributed by atoms with Crippen LogP contribution in [0.3, 0.4) is 0 Å². The Labute approximate surface area is 109 Å². The Hall–Kier alpha value is -1.35. The maximum atomic E-state index is 12.2. The molecule has 3 heteroatoms. The van der Waals surface area contributed by atoms with Crippen molar-refractivity contribution in [3.63, 3.8) is 0 Å². The molecule has 0 unspecified atom stereocenters. The van der Waals surface area contributed by atoms with Gasteiger partial charge in [-0.1, -0.05) is 24.5 Å². The molecule has 18 heavy (non-hydrogen) atoms. The largest absolute Gasteiger partial charge is 0.496 e. The van der Waals surface area contributed by atoms with Crippen LogP contribution >= 0.6 is 0 Å². The van der Waals surface area contributed by atoms with Crippen molar-refractivity contribution in [2.75, 3.05) is 13.7 Å². The first-order valence-electron chi connectivity index (χ1n) is 6.62. The number of ketones is 1. The third-order valence-corrected chi connectivity index (χ3v) is 3.56. The second kappa shape index (κ2) is 6.01. The van der Waals surface area contributed by atoms with Crippen molar-refractivity contribution in [3.8, 4) is 5.75 Å². The summed E-state index contributed by atoms with van der Waals surface area (Å²) in [7, 11) is 1.60. The summed E-state index contributed by atoms with van der Waals surface area (Å²) < 4.78 is 5.24. The first-order chi connectivity index (χ1) is 8.70. The Bertz CT molecular complexity index is 423. The van der Waals surface area contributed by atoms with Gasteiger partial charge in [0.05, 0.1) is 19.2 Å².